The molecule has 1 N–H and O–H groups in total. The van der Waals surface area contributed by atoms with Crippen molar-refractivity contribution in [3.63, 3.8) is 0 Å². The second kappa shape index (κ2) is 8.79. The van der Waals surface area contributed by atoms with Gasteiger partial charge in [-0.05, 0) is 31.0 Å². The van der Waals surface area contributed by atoms with E-state index in [4.69, 9.17) is 0 Å². The number of aromatic nitrogens is 4. The van der Waals surface area contributed by atoms with E-state index in [2.05, 4.69) is 31.9 Å². The summed E-state index contributed by atoms with van der Waals surface area (Å²) in [6, 6.07) is 15.4. The van der Waals surface area contributed by atoms with Crippen LogP contribution in [0.25, 0.3) is 22.3 Å². The average Bonchev–Trinajstić information content (AvgIpc) is 3.48. The molecule has 3 heterocycles. The van der Waals surface area contributed by atoms with Gasteiger partial charge in [0.2, 0.25) is 5.91 Å². The normalized spacial score (nSPS) is 16.4. The molecule has 2 aliphatic rings. The Morgan fingerprint density at radius 1 is 1.03 bits per heavy atom. The molecule has 1 aliphatic heterocycles. The van der Waals surface area contributed by atoms with Gasteiger partial charge in [0.25, 0.3) is 0 Å². The molecule has 2 fully saturated rings. The summed E-state index contributed by atoms with van der Waals surface area (Å²) >= 11 is 1.45. The van der Waals surface area contributed by atoms with Crippen molar-refractivity contribution in [1.29, 1.82) is 0 Å². The van der Waals surface area contributed by atoms with Gasteiger partial charge < -0.3 is 14.8 Å². The van der Waals surface area contributed by atoms with E-state index in [1.165, 1.54) is 17.8 Å². The molecule has 4 aromatic rings. The van der Waals surface area contributed by atoms with Crippen LogP contribution in [0.15, 0.2) is 59.9 Å². The molecule has 1 saturated heterocycles. The van der Waals surface area contributed by atoms with E-state index in [-0.39, 0.29) is 11.7 Å². The highest BCUT2D eigenvalue weighted by Crippen LogP contribution is 2.42. The van der Waals surface area contributed by atoms with E-state index in [1.807, 2.05) is 34.2 Å². The number of aromatic amines is 1. The Labute approximate surface area is 201 Å². The van der Waals surface area contributed by atoms with Crippen LogP contribution in [0.4, 0.5) is 10.1 Å². The van der Waals surface area contributed by atoms with Crippen molar-refractivity contribution in [2.24, 2.45) is 0 Å². The van der Waals surface area contributed by atoms with Crippen molar-refractivity contribution in [2.45, 2.75) is 24.0 Å². The molecule has 174 valence electrons. The molecule has 0 radical (unpaired) electrons. The summed E-state index contributed by atoms with van der Waals surface area (Å²) in [6.45, 7) is 2.42. The van der Waals surface area contributed by atoms with Gasteiger partial charge in [-0.1, -0.05) is 42.1 Å². The molecule has 34 heavy (non-hydrogen) atoms. The molecular formula is C25H25FN6OS. The van der Waals surface area contributed by atoms with Gasteiger partial charge in [0.15, 0.2) is 11.0 Å². The number of halogens is 1. The van der Waals surface area contributed by atoms with Crippen LogP contribution in [-0.2, 0) is 4.79 Å². The van der Waals surface area contributed by atoms with Crippen molar-refractivity contribution in [3.8, 4) is 11.4 Å². The van der Waals surface area contributed by atoms with E-state index >= 15 is 0 Å². The molecule has 2 aromatic carbocycles. The summed E-state index contributed by atoms with van der Waals surface area (Å²) in [7, 11) is 0. The number of para-hydroxylation sites is 2. The van der Waals surface area contributed by atoms with Crippen molar-refractivity contribution in [3.05, 3.63) is 60.5 Å². The number of carbonyl (C=O) groups is 1. The number of thioether (sulfide) groups is 1. The highest BCUT2D eigenvalue weighted by molar-refractivity contribution is 7.99. The lowest BCUT2D eigenvalue weighted by atomic mass is 10.1. The van der Waals surface area contributed by atoms with Gasteiger partial charge in [0.05, 0.1) is 11.4 Å². The number of H-pyrrole nitrogens is 1. The second-order valence-electron chi connectivity index (χ2n) is 8.76. The molecule has 2 aromatic heterocycles. The van der Waals surface area contributed by atoms with Crippen LogP contribution in [0.1, 0.15) is 18.9 Å². The highest BCUT2D eigenvalue weighted by atomic mass is 32.2. The van der Waals surface area contributed by atoms with Gasteiger partial charge in [-0.25, -0.2) is 4.39 Å². The predicted molar refractivity (Wildman–Crippen MR) is 132 cm³/mol. The molecular weight excluding hydrogens is 451 g/mol. The number of nitrogens with zero attached hydrogens (tertiary/aromatic N) is 5. The molecule has 0 unspecified atom stereocenters. The van der Waals surface area contributed by atoms with E-state index in [9.17, 15) is 9.18 Å². The molecule has 7 nitrogen and oxygen atoms in total. The van der Waals surface area contributed by atoms with Crippen molar-refractivity contribution < 1.29 is 9.18 Å². The van der Waals surface area contributed by atoms with Crippen LogP contribution in [0.5, 0.6) is 0 Å². The number of amides is 1. The van der Waals surface area contributed by atoms with Crippen molar-refractivity contribution >= 4 is 34.3 Å². The van der Waals surface area contributed by atoms with E-state index in [1.54, 1.807) is 12.1 Å². The number of hydrogen-bond acceptors (Lipinski definition) is 5. The van der Waals surface area contributed by atoms with Gasteiger partial charge in [0, 0.05) is 54.9 Å². The fourth-order valence-corrected chi connectivity index (χ4v) is 5.51. The number of carbonyl (C=O) groups excluding carboxylic acids is 1. The van der Waals surface area contributed by atoms with Crippen LogP contribution in [-0.4, -0.2) is 62.5 Å². The number of hydrogen-bond donors (Lipinski definition) is 1. The van der Waals surface area contributed by atoms with Crippen LogP contribution < -0.4 is 4.90 Å². The maximum Gasteiger partial charge on any atom is 0.233 e. The number of fused-ring (bicyclic) bond motifs is 1. The molecule has 1 saturated carbocycles. The first-order valence-corrected chi connectivity index (χ1v) is 12.6. The molecule has 1 aliphatic carbocycles. The van der Waals surface area contributed by atoms with Crippen molar-refractivity contribution in [2.75, 3.05) is 36.8 Å². The Bertz CT molecular complexity index is 1340. The van der Waals surface area contributed by atoms with E-state index < -0.39 is 0 Å². The third kappa shape index (κ3) is 3.94. The minimum atomic E-state index is -0.219. The maximum absolute atomic E-state index is 14.1. The summed E-state index contributed by atoms with van der Waals surface area (Å²) in [6.07, 6.45) is 4.20. The molecule has 1 amide bonds. The third-order valence-corrected chi connectivity index (χ3v) is 7.48. The topological polar surface area (TPSA) is 70.0 Å². The number of nitrogens with one attached hydrogen (secondary N) is 1. The molecule has 0 spiro atoms. The van der Waals surface area contributed by atoms with Gasteiger partial charge in [0.1, 0.15) is 5.82 Å². The Morgan fingerprint density at radius 3 is 2.59 bits per heavy atom. The summed E-state index contributed by atoms with van der Waals surface area (Å²) in [5.41, 5.74) is 2.71. The molecule has 0 bridgehead atoms. The second-order valence-corrected chi connectivity index (χ2v) is 9.71. The monoisotopic (exact) mass is 476 g/mol. The van der Waals surface area contributed by atoms with Gasteiger partial charge in [-0.15, -0.1) is 10.2 Å². The van der Waals surface area contributed by atoms with Gasteiger partial charge in [-0.2, -0.15) is 0 Å². The SMILES string of the molecule is O=C(CSc1nnc(-c2c[nH]c3ccccc23)n1C1CC1)N1CCN(c2ccccc2F)CC1. The number of rotatable bonds is 6. The number of anilines is 1. The lowest BCUT2D eigenvalue weighted by Gasteiger charge is -2.36. The third-order valence-electron chi connectivity index (χ3n) is 6.56. The van der Waals surface area contributed by atoms with Gasteiger partial charge in [-0.3, -0.25) is 9.36 Å². The number of benzene rings is 2. The van der Waals surface area contributed by atoms with E-state index in [0.717, 1.165) is 40.3 Å². The summed E-state index contributed by atoms with van der Waals surface area (Å²) in [4.78, 5) is 20.1. The van der Waals surface area contributed by atoms with Crippen LogP contribution in [0, 0.1) is 5.82 Å². The Balaban J connectivity index is 1.13. The first kappa shape index (κ1) is 21.2. The lowest BCUT2D eigenvalue weighted by Crippen LogP contribution is -2.49. The summed E-state index contributed by atoms with van der Waals surface area (Å²) < 4.78 is 16.3. The van der Waals surface area contributed by atoms with Crippen LogP contribution in [0.3, 0.4) is 0 Å². The first-order chi connectivity index (χ1) is 16.7. The largest absolute Gasteiger partial charge is 0.366 e. The Morgan fingerprint density at radius 2 is 1.79 bits per heavy atom. The first-order valence-electron chi connectivity index (χ1n) is 11.6. The minimum absolute atomic E-state index is 0.0807. The highest BCUT2D eigenvalue weighted by Gasteiger charge is 2.31. The molecule has 0 atom stereocenters. The summed E-state index contributed by atoms with van der Waals surface area (Å²) in [5, 5.41) is 10.9. The van der Waals surface area contributed by atoms with Crippen LogP contribution in [0.2, 0.25) is 0 Å². The van der Waals surface area contributed by atoms with E-state index in [0.29, 0.717) is 43.7 Å². The minimum Gasteiger partial charge on any atom is -0.366 e. The fraction of sp³-hybridized carbons (Fsp3) is 0.320. The smallest absolute Gasteiger partial charge is 0.233 e. The Kier molecular flexibility index (Phi) is 5.49. The quantitative estimate of drug-likeness (QED) is 0.419. The Hall–Kier alpha value is -3.33. The van der Waals surface area contributed by atoms with Crippen molar-refractivity contribution in [1.82, 2.24) is 24.6 Å². The average molecular weight is 477 g/mol. The lowest BCUT2D eigenvalue weighted by molar-refractivity contribution is -0.128. The molecule has 9 heteroatoms. The maximum atomic E-state index is 14.1. The summed E-state index contributed by atoms with van der Waals surface area (Å²) in [5.74, 6) is 1.03. The van der Waals surface area contributed by atoms with Gasteiger partial charge >= 0.3 is 0 Å². The zero-order chi connectivity index (χ0) is 23.1. The zero-order valence-corrected chi connectivity index (χ0v) is 19.5. The molecule has 6 rings (SSSR count). The predicted octanol–water partition coefficient (Wildman–Crippen LogP) is 4.34. The standard InChI is InChI=1S/C25H25FN6OS/c26-20-6-2-4-8-22(20)30-11-13-31(14-12-30)23(33)16-34-25-29-28-24(32(25)17-9-10-17)19-15-27-21-7-3-1-5-18(19)21/h1-8,15,17,27H,9-14,16H2. The number of piperazine rings is 1. The zero-order valence-electron chi connectivity index (χ0n) is 18.7. The fourth-order valence-electron chi connectivity index (χ4n) is 4.60. The van der Waals surface area contributed by atoms with Crippen LogP contribution >= 0.6 is 11.8 Å².